The van der Waals surface area contributed by atoms with Crippen molar-refractivity contribution in [2.45, 2.75) is 44.3 Å². The van der Waals surface area contributed by atoms with Gasteiger partial charge in [-0.3, -0.25) is 24.6 Å². The monoisotopic (exact) mass is 535 g/mol. The summed E-state index contributed by atoms with van der Waals surface area (Å²) in [6, 6.07) is 10.6. The number of carboxylic acid groups (broad SMARTS) is 1. The molecule has 0 radical (unpaired) electrons. The maximum atomic E-state index is 13.6. The van der Waals surface area contributed by atoms with E-state index in [0.717, 1.165) is 29.2 Å². The number of hydrogen-bond donors (Lipinski definition) is 6. The number of hydrogen-bond acceptors (Lipinski definition) is 6. The molecule has 1 fully saturated rings. The van der Waals surface area contributed by atoms with Gasteiger partial charge in [-0.2, -0.15) is 5.01 Å². The van der Waals surface area contributed by atoms with Crippen LogP contribution in [0.5, 0.6) is 0 Å². The van der Waals surface area contributed by atoms with Crippen LogP contribution in [-0.4, -0.2) is 69.4 Å². The van der Waals surface area contributed by atoms with E-state index in [-0.39, 0.29) is 18.9 Å². The minimum Gasteiger partial charge on any atom is -0.481 e. The first kappa shape index (κ1) is 27.1. The molecule has 2 atom stereocenters. The van der Waals surface area contributed by atoms with Crippen molar-refractivity contribution in [3.63, 3.8) is 0 Å². The molecule has 7 N–H and O–H groups in total. The minimum atomic E-state index is -1.69. The standard InChI is InChI=1S/C26H29N7O6/c1-14(34)32(33-24(38)19(30-26(33)39)11-6-12-29-25(27)28)20(13-21(35)36)23(37)31-22-17-9-4-2-7-15(17)16-8-3-5-10-18(16)22/h2-5,7-10,19-20,22H,6,11-13H2,1H3,(H,30,39)(H,31,37)(H,35,36)(H4,27,28,29)/t19-,20?/m0/s1. The van der Waals surface area contributed by atoms with Gasteiger partial charge in [-0.1, -0.05) is 48.5 Å². The minimum absolute atomic E-state index is 0.165. The number of carbonyl (C=O) groups excluding carboxylic acids is 4. The number of fused-ring (bicyclic) bond motifs is 3. The molecule has 39 heavy (non-hydrogen) atoms. The highest BCUT2D eigenvalue weighted by Crippen LogP contribution is 2.43. The van der Waals surface area contributed by atoms with Crippen molar-refractivity contribution < 1.29 is 29.1 Å². The van der Waals surface area contributed by atoms with Crippen molar-refractivity contribution in [2.24, 2.45) is 5.73 Å². The van der Waals surface area contributed by atoms with Crippen LogP contribution >= 0.6 is 0 Å². The molecule has 1 saturated heterocycles. The number of urea groups is 1. The van der Waals surface area contributed by atoms with Crippen LogP contribution in [-0.2, 0) is 19.2 Å². The highest BCUT2D eigenvalue weighted by Gasteiger charge is 2.47. The van der Waals surface area contributed by atoms with Crippen LogP contribution in [0.25, 0.3) is 11.1 Å². The smallest absolute Gasteiger partial charge is 0.344 e. The molecule has 4 rings (SSSR count). The third-order valence-electron chi connectivity index (χ3n) is 6.61. The van der Waals surface area contributed by atoms with E-state index in [1.165, 1.54) is 0 Å². The average molecular weight is 536 g/mol. The zero-order valence-electron chi connectivity index (χ0n) is 21.1. The number of carbonyl (C=O) groups is 5. The molecule has 1 heterocycles. The lowest BCUT2D eigenvalue weighted by Gasteiger charge is -2.34. The lowest BCUT2D eigenvalue weighted by atomic mass is 10.0. The Labute approximate surface area is 223 Å². The van der Waals surface area contributed by atoms with E-state index >= 15 is 0 Å². The number of carboxylic acids is 1. The number of nitrogens with one attached hydrogen (secondary N) is 4. The molecule has 1 aliphatic heterocycles. The van der Waals surface area contributed by atoms with E-state index < -0.39 is 54.3 Å². The molecule has 1 unspecified atom stereocenters. The van der Waals surface area contributed by atoms with Crippen LogP contribution in [0.3, 0.4) is 0 Å². The molecule has 2 aromatic rings. The SMILES string of the molecule is CC(=O)N(C(CC(=O)O)C(=O)NC1c2ccccc2-c2ccccc21)N1C(=O)N[C@@H](CCCNC(=N)N)C1=O. The Balaban J connectivity index is 1.59. The van der Waals surface area contributed by atoms with Gasteiger partial charge in [-0.25, -0.2) is 9.80 Å². The topological polar surface area (TPSA) is 198 Å². The summed E-state index contributed by atoms with van der Waals surface area (Å²) in [4.78, 5) is 64.2. The van der Waals surface area contributed by atoms with Gasteiger partial charge in [0, 0.05) is 13.5 Å². The maximum absolute atomic E-state index is 13.6. The molecule has 13 heteroatoms. The van der Waals surface area contributed by atoms with Gasteiger partial charge in [-0.15, -0.1) is 0 Å². The van der Waals surface area contributed by atoms with Gasteiger partial charge >= 0.3 is 12.0 Å². The number of nitrogens with zero attached hydrogens (tertiary/aromatic N) is 2. The van der Waals surface area contributed by atoms with Gasteiger partial charge in [0.2, 0.25) is 11.8 Å². The predicted octanol–water partition coefficient (Wildman–Crippen LogP) is 0.663. The summed E-state index contributed by atoms with van der Waals surface area (Å²) in [6.45, 7) is 1.33. The van der Waals surface area contributed by atoms with Gasteiger partial charge < -0.3 is 26.8 Å². The van der Waals surface area contributed by atoms with Crippen LogP contribution in [0, 0.1) is 5.41 Å². The summed E-state index contributed by atoms with van der Waals surface area (Å²) >= 11 is 0. The second-order valence-electron chi connectivity index (χ2n) is 9.23. The lowest BCUT2D eigenvalue weighted by molar-refractivity contribution is -0.164. The van der Waals surface area contributed by atoms with E-state index in [1.807, 2.05) is 48.5 Å². The molecule has 5 amide bonds. The quantitative estimate of drug-likeness (QED) is 0.110. The molecule has 0 saturated carbocycles. The Morgan fingerprint density at radius 2 is 1.69 bits per heavy atom. The highest BCUT2D eigenvalue weighted by atomic mass is 16.4. The first-order valence-electron chi connectivity index (χ1n) is 12.3. The fraction of sp³-hybridized carbons (Fsp3) is 0.308. The Bertz CT molecular complexity index is 1300. The summed E-state index contributed by atoms with van der Waals surface area (Å²) in [5.41, 5.74) is 8.65. The van der Waals surface area contributed by atoms with E-state index in [9.17, 15) is 29.1 Å². The molecule has 0 bridgehead atoms. The third-order valence-corrected chi connectivity index (χ3v) is 6.61. The number of hydrazine groups is 1. The Hall–Kier alpha value is -4.94. The van der Waals surface area contributed by atoms with E-state index in [1.54, 1.807) is 0 Å². The van der Waals surface area contributed by atoms with Crippen LogP contribution in [0.1, 0.15) is 43.4 Å². The third kappa shape index (κ3) is 5.51. The van der Waals surface area contributed by atoms with Gasteiger partial charge in [0.1, 0.15) is 12.1 Å². The van der Waals surface area contributed by atoms with Crippen molar-refractivity contribution in [2.75, 3.05) is 6.54 Å². The first-order chi connectivity index (χ1) is 18.6. The molecular weight excluding hydrogens is 506 g/mol. The summed E-state index contributed by atoms with van der Waals surface area (Å²) in [6.07, 6.45) is -0.312. The van der Waals surface area contributed by atoms with E-state index in [2.05, 4.69) is 16.0 Å². The number of aliphatic carboxylic acids is 1. The second kappa shape index (κ2) is 11.2. The van der Waals surface area contributed by atoms with Crippen LogP contribution in [0.4, 0.5) is 4.79 Å². The van der Waals surface area contributed by atoms with Gasteiger partial charge in [0.25, 0.3) is 5.91 Å². The van der Waals surface area contributed by atoms with Gasteiger partial charge in [0.05, 0.1) is 12.5 Å². The van der Waals surface area contributed by atoms with Crippen LogP contribution in [0.2, 0.25) is 0 Å². The molecule has 13 nitrogen and oxygen atoms in total. The summed E-state index contributed by atoms with van der Waals surface area (Å²) in [5, 5.41) is 25.8. The highest BCUT2D eigenvalue weighted by molar-refractivity contribution is 6.06. The van der Waals surface area contributed by atoms with Crippen molar-refractivity contribution >= 4 is 35.7 Å². The summed E-state index contributed by atoms with van der Waals surface area (Å²) in [7, 11) is 0. The lowest BCUT2D eigenvalue weighted by Crippen LogP contribution is -2.59. The Morgan fingerprint density at radius 1 is 1.10 bits per heavy atom. The summed E-state index contributed by atoms with van der Waals surface area (Å²) < 4.78 is 0. The summed E-state index contributed by atoms with van der Waals surface area (Å²) in [5.74, 6) is -4.12. The molecule has 0 spiro atoms. The van der Waals surface area contributed by atoms with Gasteiger partial charge in [-0.05, 0) is 35.1 Å². The zero-order valence-corrected chi connectivity index (χ0v) is 21.1. The second-order valence-corrected chi connectivity index (χ2v) is 9.23. The number of imide groups is 1. The number of nitrogens with two attached hydrogens (primary N) is 1. The number of guanidine groups is 1. The fourth-order valence-electron chi connectivity index (χ4n) is 4.95. The molecule has 2 aromatic carbocycles. The first-order valence-corrected chi connectivity index (χ1v) is 12.3. The molecule has 0 aromatic heterocycles. The van der Waals surface area contributed by atoms with Crippen molar-refractivity contribution in [3.8, 4) is 11.1 Å². The number of amides is 5. The molecule has 1 aliphatic carbocycles. The number of rotatable bonds is 10. The molecule has 204 valence electrons. The van der Waals surface area contributed by atoms with Crippen molar-refractivity contribution in [3.05, 3.63) is 59.7 Å². The average Bonchev–Trinajstić information content (AvgIpc) is 3.35. The predicted molar refractivity (Wildman–Crippen MR) is 139 cm³/mol. The van der Waals surface area contributed by atoms with E-state index in [4.69, 9.17) is 11.1 Å². The normalized spacial score (nSPS) is 16.6. The van der Waals surface area contributed by atoms with Crippen LogP contribution < -0.4 is 21.7 Å². The van der Waals surface area contributed by atoms with E-state index in [0.29, 0.717) is 16.4 Å². The maximum Gasteiger partial charge on any atom is 0.344 e. The van der Waals surface area contributed by atoms with Crippen LogP contribution in [0.15, 0.2) is 48.5 Å². The Morgan fingerprint density at radius 3 is 2.23 bits per heavy atom. The van der Waals surface area contributed by atoms with Crippen molar-refractivity contribution in [1.82, 2.24) is 26.0 Å². The largest absolute Gasteiger partial charge is 0.481 e. The van der Waals surface area contributed by atoms with Gasteiger partial charge in [0.15, 0.2) is 5.96 Å². The molecular formula is C26H29N7O6. The number of benzene rings is 2. The molecule has 2 aliphatic rings. The van der Waals surface area contributed by atoms with Crippen molar-refractivity contribution in [1.29, 1.82) is 5.41 Å². The Kier molecular flexibility index (Phi) is 7.79. The fourth-order valence-corrected chi connectivity index (χ4v) is 4.95. The zero-order chi connectivity index (χ0) is 28.3.